The molecule has 1 aliphatic rings. The van der Waals surface area contributed by atoms with Gasteiger partial charge in [-0.3, -0.25) is 14.4 Å². The number of ether oxygens (including phenoxy) is 2. The lowest BCUT2D eigenvalue weighted by Crippen LogP contribution is -2.36. The Morgan fingerprint density at radius 1 is 1.10 bits per heavy atom. The number of carbonyl (C=O) groups is 3. The first kappa shape index (κ1) is 23.8. The van der Waals surface area contributed by atoms with Crippen LogP contribution < -0.4 is 16.0 Å². The summed E-state index contributed by atoms with van der Waals surface area (Å²) >= 11 is 5.14. The van der Waals surface area contributed by atoms with Gasteiger partial charge in [-0.15, -0.1) is 0 Å². The summed E-state index contributed by atoms with van der Waals surface area (Å²) in [6, 6.07) is 7.15. The molecule has 0 spiro atoms. The summed E-state index contributed by atoms with van der Waals surface area (Å²) in [7, 11) is 1.51. The molecule has 0 saturated heterocycles. The second-order valence-electron chi connectivity index (χ2n) is 7.10. The topological polar surface area (TPSA) is 106 Å². The van der Waals surface area contributed by atoms with Gasteiger partial charge in [-0.2, -0.15) is 0 Å². The Kier molecular flexibility index (Phi) is 10.2. The zero-order valence-electron chi connectivity index (χ0n) is 17.2. The second kappa shape index (κ2) is 12.9. The van der Waals surface area contributed by atoms with Crippen molar-refractivity contribution in [1.82, 2.24) is 10.6 Å². The number of amides is 2. The predicted octanol–water partition coefficient (Wildman–Crippen LogP) is 2.53. The normalized spacial score (nSPS) is 13.9. The lowest BCUT2D eigenvalue weighted by Gasteiger charge is -2.22. The Hall–Kier alpha value is -2.52. The summed E-state index contributed by atoms with van der Waals surface area (Å²) in [5.74, 6) is -0.993. The molecule has 1 aromatic carbocycles. The minimum absolute atomic E-state index is 0.0442. The minimum atomic E-state index is -0.474. The average Bonchev–Trinajstić information content (AvgIpc) is 2.73. The molecular weight excluding hydrogens is 406 g/mol. The van der Waals surface area contributed by atoms with Crippen LogP contribution in [0.2, 0.25) is 0 Å². The quantitative estimate of drug-likeness (QED) is 0.311. The van der Waals surface area contributed by atoms with Gasteiger partial charge in [0.2, 0.25) is 5.91 Å². The van der Waals surface area contributed by atoms with Gasteiger partial charge in [-0.1, -0.05) is 25.3 Å². The molecule has 8 nitrogen and oxygen atoms in total. The zero-order valence-corrected chi connectivity index (χ0v) is 18.0. The van der Waals surface area contributed by atoms with Crippen LogP contribution in [0.5, 0.6) is 0 Å². The van der Waals surface area contributed by atoms with E-state index in [1.807, 2.05) is 0 Å². The van der Waals surface area contributed by atoms with Crippen molar-refractivity contribution in [3.8, 4) is 0 Å². The fraction of sp³-hybridized carbons (Fsp3) is 0.524. The maximum Gasteiger partial charge on any atom is 0.306 e. The number of carbonyl (C=O) groups excluding carboxylic acids is 3. The molecule has 0 aromatic heterocycles. The Morgan fingerprint density at radius 3 is 2.60 bits per heavy atom. The number of thiocarbonyl (C=S) groups is 1. The molecule has 0 heterocycles. The molecule has 1 aromatic rings. The predicted molar refractivity (Wildman–Crippen MR) is 117 cm³/mol. The molecule has 2 amide bonds. The van der Waals surface area contributed by atoms with Gasteiger partial charge in [0, 0.05) is 30.8 Å². The minimum Gasteiger partial charge on any atom is -0.463 e. The van der Waals surface area contributed by atoms with Crippen molar-refractivity contribution in [2.45, 2.75) is 51.0 Å². The summed E-state index contributed by atoms with van der Waals surface area (Å²) in [6.45, 7) is 0.464. The van der Waals surface area contributed by atoms with Crippen LogP contribution in [-0.2, 0) is 19.1 Å². The van der Waals surface area contributed by atoms with Gasteiger partial charge in [0.05, 0.1) is 13.0 Å². The van der Waals surface area contributed by atoms with E-state index >= 15 is 0 Å². The highest BCUT2D eigenvalue weighted by Gasteiger charge is 2.17. The van der Waals surface area contributed by atoms with E-state index in [9.17, 15) is 14.4 Å². The fourth-order valence-corrected chi connectivity index (χ4v) is 3.36. The molecular formula is C21H29N3O5S. The maximum atomic E-state index is 12.5. The van der Waals surface area contributed by atoms with Gasteiger partial charge >= 0.3 is 5.97 Å². The van der Waals surface area contributed by atoms with Crippen molar-refractivity contribution in [3.05, 3.63) is 29.8 Å². The van der Waals surface area contributed by atoms with Crippen molar-refractivity contribution in [3.63, 3.8) is 0 Å². The number of hydrogen-bond acceptors (Lipinski definition) is 6. The molecule has 1 saturated carbocycles. The summed E-state index contributed by atoms with van der Waals surface area (Å²) in [4.78, 5) is 35.9. The van der Waals surface area contributed by atoms with Gasteiger partial charge < -0.3 is 25.4 Å². The van der Waals surface area contributed by atoms with Gasteiger partial charge in [-0.05, 0) is 43.3 Å². The van der Waals surface area contributed by atoms with E-state index in [-0.39, 0.29) is 36.5 Å². The van der Waals surface area contributed by atoms with Crippen molar-refractivity contribution >= 4 is 40.8 Å². The van der Waals surface area contributed by atoms with E-state index in [4.69, 9.17) is 21.7 Å². The Bertz CT molecular complexity index is 750. The number of hydrogen-bond donors (Lipinski definition) is 3. The highest BCUT2D eigenvalue weighted by atomic mass is 32.1. The smallest absolute Gasteiger partial charge is 0.306 e. The van der Waals surface area contributed by atoms with Crippen molar-refractivity contribution in [2.24, 2.45) is 0 Å². The molecule has 0 atom stereocenters. The van der Waals surface area contributed by atoms with Gasteiger partial charge in [0.1, 0.15) is 6.61 Å². The van der Waals surface area contributed by atoms with Gasteiger partial charge in [0.25, 0.3) is 5.91 Å². The molecule has 0 unspecified atom stereocenters. The number of benzene rings is 1. The van der Waals surface area contributed by atoms with Crippen LogP contribution in [0.4, 0.5) is 5.69 Å². The standard InChI is InChI=1S/C21H29N3O5S/c1-28-12-13-29-19(26)11-10-18(25)24-21(30)23-17-9-5-6-15(14-17)20(27)22-16-7-3-2-4-8-16/h5-6,9,14,16H,2-4,7-8,10-13H2,1H3,(H,22,27)(H2,23,24,25,30). The Morgan fingerprint density at radius 2 is 1.87 bits per heavy atom. The zero-order chi connectivity index (χ0) is 21.8. The Balaban J connectivity index is 1.76. The molecule has 164 valence electrons. The highest BCUT2D eigenvalue weighted by Crippen LogP contribution is 2.18. The van der Waals surface area contributed by atoms with Crippen molar-refractivity contribution < 1.29 is 23.9 Å². The Labute approximate surface area is 182 Å². The number of anilines is 1. The average molecular weight is 436 g/mol. The van der Waals surface area contributed by atoms with Crippen LogP contribution in [0.15, 0.2) is 24.3 Å². The second-order valence-corrected chi connectivity index (χ2v) is 7.51. The maximum absolute atomic E-state index is 12.5. The van der Waals surface area contributed by atoms with Crippen LogP contribution in [0.3, 0.4) is 0 Å². The van der Waals surface area contributed by atoms with Crippen molar-refractivity contribution in [2.75, 3.05) is 25.6 Å². The van der Waals surface area contributed by atoms with Crippen LogP contribution in [0, 0.1) is 0 Å². The number of methoxy groups -OCH3 is 1. The molecule has 0 aliphatic heterocycles. The van der Waals surface area contributed by atoms with E-state index in [0.717, 1.165) is 25.7 Å². The largest absolute Gasteiger partial charge is 0.463 e. The lowest BCUT2D eigenvalue weighted by atomic mass is 9.95. The van der Waals surface area contributed by atoms with Gasteiger partial charge in [0.15, 0.2) is 5.11 Å². The molecule has 3 N–H and O–H groups in total. The van der Waals surface area contributed by atoms with Crippen LogP contribution in [0.1, 0.15) is 55.3 Å². The first-order valence-electron chi connectivity index (χ1n) is 10.1. The van der Waals surface area contributed by atoms with E-state index in [0.29, 0.717) is 17.9 Å². The van der Waals surface area contributed by atoms with Crippen LogP contribution in [-0.4, -0.2) is 49.3 Å². The summed E-state index contributed by atoms with van der Waals surface area (Å²) in [6.07, 6.45) is 5.45. The molecule has 30 heavy (non-hydrogen) atoms. The molecule has 1 aliphatic carbocycles. The van der Waals surface area contributed by atoms with Gasteiger partial charge in [-0.25, -0.2) is 0 Å². The third kappa shape index (κ3) is 8.87. The first-order chi connectivity index (χ1) is 14.5. The van der Waals surface area contributed by atoms with E-state index < -0.39 is 11.9 Å². The molecule has 1 fully saturated rings. The SMILES string of the molecule is COCCOC(=O)CCC(=O)NC(=S)Nc1cccc(C(=O)NC2CCCCC2)c1. The third-order valence-corrected chi connectivity index (χ3v) is 4.89. The highest BCUT2D eigenvalue weighted by molar-refractivity contribution is 7.80. The summed E-state index contributed by atoms with van der Waals surface area (Å²) < 4.78 is 9.67. The third-order valence-electron chi connectivity index (χ3n) is 4.68. The van der Waals surface area contributed by atoms with Crippen molar-refractivity contribution in [1.29, 1.82) is 0 Å². The van der Waals surface area contributed by atoms with E-state index in [2.05, 4.69) is 16.0 Å². The first-order valence-corrected chi connectivity index (χ1v) is 10.5. The van der Waals surface area contributed by atoms with E-state index in [1.165, 1.54) is 13.5 Å². The molecule has 9 heteroatoms. The monoisotopic (exact) mass is 435 g/mol. The fourth-order valence-electron chi connectivity index (χ4n) is 3.13. The van der Waals surface area contributed by atoms with Crippen LogP contribution >= 0.6 is 12.2 Å². The van der Waals surface area contributed by atoms with E-state index in [1.54, 1.807) is 24.3 Å². The molecule has 0 radical (unpaired) electrons. The lowest BCUT2D eigenvalue weighted by molar-refractivity contribution is -0.146. The number of rotatable bonds is 9. The van der Waals surface area contributed by atoms with Crippen LogP contribution in [0.25, 0.3) is 0 Å². The summed E-state index contributed by atoms with van der Waals surface area (Å²) in [5.41, 5.74) is 1.12. The molecule has 0 bridgehead atoms. The molecule has 2 rings (SSSR count). The summed E-state index contributed by atoms with van der Waals surface area (Å²) in [5, 5.41) is 8.57. The number of esters is 1. The number of nitrogens with one attached hydrogen (secondary N) is 3.